The average Bonchev–Trinajstić information content (AvgIpc) is 2.40. The van der Waals surface area contributed by atoms with Crippen LogP contribution in [0.4, 0.5) is 0 Å². The Morgan fingerprint density at radius 3 is 2.50 bits per heavy atom. The van der Waals surface area contributed by atoms with E-state index in [0.29, 0.717) is 11.3 Å². The van der Waals surface area contributed by atoms with Crippen molar-refractivity contribution in [1.29, 1.82) is 0 Å². The predicted molar refractivity (Wildman–Crippen MR) is 69.4 cm³/mol. The molecule has 2 aromatic carbocycles. The Morgan fingerprint density at radius 1 is 1.11 bits per heavy atom. The molecule has 0 heterocycles. The number of phenols is 1. The van der Waals surface area contributed by atoms with Gasteiger partial charge in [-0.15, -0.1) is 0 Å². The first-order chi connectivity index (χ1) is 8.72. The van der Waals surface area contributed by atoms with Crippen molar-refractivity contribution in [1.82, 2.24) is 0 Å². The van der Waals surface area contributed by atoms with Crippen LogP contribution in [0.1, 0.15) is 0 Å². The van der Waals surface area contributed by atoms with E-state index >= 15 is 0 Å². The molecule has 3 nitrogen and oxygen atoms in total. The van der Waals surface area contributed by atoms with Crippen molar-refractivity contribution in [2.24, 2.45) is 0 Å². The predicted octanol–water partition coefficient (Wildman–Crippen LogP) is 3.15. The molecule has 0 amide bonds. The normalized spacial score (nSPS) is 9.78. The summed E-state index contributed by atoms with van der Waals surface area (Å²) >= 11 is 0. The van der Waals surface area contributed by atoms with Gasteiger partial charge in [-0.25, -0.2) is 4.79 Å². The molecule has 0 radical (unpaired) electrons. The molecular weight excluding hydrogens is 228 g/mol. The Morgan fingerprint density at radius 2 is 1.83 bits per heavy atom. The molecule has 1 N–H and O–H groups in total. The zero-order valence-corrected chi connectivity index (χ0v) is 9.67. The first-order valence-electron chi connectivity index (χ1n) is 5.44. The van der Waals surface area contributed by atoms with Crippen LogP contribution < -0.4 is 4.74 Å². The molecule has 90 valence electrons. The van der Waals surface area contributed by atoms with Crippen LogP contribution in [0.3, 0.4) is 0 Å². The molecule has 0 aliphatic heterocycles. The number of phenolic OH excluding ortho intramolecular Hbond substituents is 1. The molecular formula is C15H12O3. The van der Waals surface area contributed by atoms with Crippen LogP contribution in [0, 0.1) is 0 Å². The van der Waals surface area contributed by atoms with Gasteiger partial charge in [0.05, 0.1) is 5.56 Å². The summed E-state index contributed by atoms with van der Waals surface area (Å²) in [6.45, 7) is 3.34. The number of ether oxygens (including phenoxy) is 1. The van der Waals surface area contributed by atoms with Crippen molar-refractivity contribution < 1.29 is 14.6 Å². The topological polar surface area (TPSA) is 46.5 Å². The Bertz CT molecular complexity index is 574. The van der Waals surface area contributed by atoms with Gasteiger partial charge in [-0.2, -0.15) is 0 Å². The van der Waals surface area contributed by atoms with Crippen molar-refractivity contribution in [2.45, 2.75) is 0 Å². The van der Waals surface area contributed by atoms with E-state index in [1.165, 1.54) is 0 Å². The van der Waals surface area contributed by atoms with Crippen LogP contribution in [0.25, 0.3) is 11.1 Å². The Hall–Kier alpha value is -2.55. The van der Waals surface area contributed by atoms with Gasteiger partial charge in [-0.3, -0.25) is 0 Å². The van der Waals surface area contributed by atoms with Crippen molar-refractivity contribution in [3.8, 4) is 22.6 Å². The van der Waals surface area contributed by atoms with E-state index in [0.717, 1.165) is 11.6 Å². The molecule has 2 aromatic rings. The van der Waals surface area contributed by atoms with Crippen molar-refractivity contribution in [3.63, 3.8) is 0 Å². The summed E-state index contributed by atoms with van der Waals surface area (Å²) in [7, 11) is 0. The molecule has 2 rings (SSSR count). The minimum absolute atomic E-state index is 0.0653. The summed E-state index contributed by atoms with van der Waals surface area (Å²) in [6, 6.07) is 14.0. The van der Waals surface area contributed by atoms with Gasteiger partial charge >= 0.3 is 5.97 Å². The molecule has 0 unspecified atom stereocenters. The summed E-state index contributed by atoms with van der Waals surface area (Å²) in [5, 5.41) is 9.91. The highest BCUT2D eigenvalue weighted by molar-refractivity contribution is 5.86. The van der Waals surface area contributed by atoms with Crippen LogP contribution >= 0.6 is 0 Å². The molecule has 0 bridgehead atoms. The van der Waals surface area contributed by atoms with E-state index in [1.54, 1.807) is 18.2 Å². The average molecular weight is 240 g/mol. The molecule has 0 aliphatic carbocycles. The first kappa shape index (κ1) is 11.9. The zero-order valence-electron chi connectivity index (χ0n) is 9.67. The van der Waals surface area contributed by atoms with E-state index in [1.807, 2.05) is 30.3 Å². The summed E-state index contributed by atoms with van der Waals surface area (Å²) in [5.74, 6) is -0.181. The van der Waals surface area contributed by atoms with Gasteiger partial charge in [0, 0.05) is 6.08 Å². The lowest BCUT2D eigenvalue weighted by Gasteiger charge is -2.10. The Labute approximate surface area is 105 Å². The molecule has 0 saturated carbocycles. The number of carbonyl (C=O) groups is 1. The fourth-order valence-electron chi connectivity index (χ4n) is 1.65. The first-order valence-corrected chi connectivity index (χ1v) is 5.44. The number of hydrogen-bond donors (Lipinski definition) is 1. The number of rotatable bonds is 3. The van der Waals surface area contributed by atoms with E-state index in [-0.39, 0.29) is 5.75 Å². The lowest BCUT2D eigenvalue weighted by Crippen LogP contribution is -2.04. The van der Waals surface area contributed by atoms with Gasteiger partial charge < -0.3 is 9.84 Å². The van der Waals surface area contributed by atoms with Gasteiger partial charge in [0.15, 0.2) is 0 Å². The monoisotopic (exact) mass is 240 g/mol. The second-order valence-corrected chi connectivity index (χ2v) is 3.64. The summed E-state index contributed by atoms with van der Waals surface area (Å²) in [6.07, 6.45) is 1.08. The van der Waals surface area contributed by atoms with Gasteiger partial charge in [-0.05, 0) is 17.7 Å². The number of hydrogen-bond acceptors (Lipinski definition) is 3. The third-order valence-electron chi connectivity index (χ3n) is 2.44. The highest BCUT2D eigenvalue weighted by Crippen LogP contribution is 2.37. The standard InChI is InChI=1S/C15H12O3/c1-2-14(17)18-13-10-6-9-12(16)15(13)11-7-4-3-5-8-11/h2-10,16H,1H2. The van der Waals surface area contributed by atoms with Crippen molar-refractivity contribution in [2.75, 3.05) is 0 Å². The van der Waals surface area contributed by atoms with Crippen LogP contribution in [0.2, 0.25) is 0 Å². The Balaban J connectivity index is 2.51. The minimum Gasteiger partial charge on any atom is -0.507 e. The van der Waals surface area contributed by atoms with Gasteiger partial charge in [0.25, 0.3) is 0 Å². The van der Waals surface area contributed by atoms with Crippen LogP contribution in [0.5, 0.6) is 11.5 Å². The van der Waals surface area contributed by atoms with Crippen molar-refractivity contribution >= 4 is 5.97 Å². The molecule has 0 aliphatic rings. The van der Waals surface area contributed by atoms with E-state index in [9.17, 15) is 9.90 Å². The number of esters is 1. The molecule has 0 fully saturated rings. The maximum atomic E-state index is 11.3. The van der Waals surface area contributed by atoms with E-state index in [4.69, 9.17) is 4.74 Å². The van der Waals surface area contributed by atoms with Gasteiger partial charge in [0.1, 0.15) is 11.5 Å². The smallest absolute Gasteiger partial charge is 0.335 e. The van der Waals surface area contributed by atoms with Gasteiger partial charge in [-0.1, -0.05) is 43.0 Å². The van der Waals surface area contributed by atoms with Crippen LogP contribution in [-0.4, -0.2) is 11.1 Å². The molecule has 0 atom stereocenters. The largest absolute Gasteiger partial charge is 0.507 e. The lowest BCUT2D eigenvalue weighted by molar-refractivity contribution is -0.128. The van der Waals surface area contributed by atoms with Crippen molar-refractivity contribution in [3.05, 3.63) is 61.2 Å². The van der Waals surface area contributed by atoms with Crippen LogP contribution in [-0.2, 0) is 4.79 Å². The molecule has 0 spiro atoms. The number of aromatic hydroxyl groups is 1. The second-order valence-electron chi connectivity index (χ2n) is 3.64. The van der Waals surface area contributed by atoms with E-state index < -0.39 is 5.97 Å². The summed E-state index contributed by atoms with van der Waals surface area (Å²) in [5.41, 5.74) is 1.27. The third kappa shape index (κ3) is 2.40. The molecule has 3 heteroatoms. The summed E-state index contributed by atoms with van der Waals surface area (Å²) < 4.78 is 5.11. The van der Waals surface area contributed by atoms with E-state index in [2.05, 4.69) is 6.58 Å². The lowest BCUT2D eigenvalue weighted by atomic mass is 10.0. The Kier molecular flexibility index (Phi) is 3.44. The summed E-state index contributed by atoms with van der Waals surface area (Å²) in [4.78, 5) is 11.3. The molecule has 0 saturated heterocycles. The molecule has 0 aromatic heterocycles. The molecule has 18 heavy (non-hydrogen) atoms. The number of benzene rings is 2. The SMILES string of the molecule is C=CC(=O)Oc1cccc(O)c1-c1ccccc1. The third-order valence-corrected chi connectivity index (χ3v) is 2.44. The van der Waals surface area contributed by atoms with Crippen LogP contribution in [0.15, 0.2) is 61.2 Å². The fraction of sp³-hybridized carbons (Fsp3) is 0. The maximum Gasteiger partial charge on any atom is 0.335 e. The van der Waals surface area contributed by atoms with Gasteiger partial charge in [0.2, 0.25) is 0 Å². The minimum atomic E-state index is -0.558. The fourth-order valence-corrected chi connectivity index (χ4v) is 1.65. The highest BCUT2D eigenvalue weighted by Gasteiger charge is 2.12. The number of carbonyl (C=O) groups excluding carboxylic acids is 1. The highest BCUT2D eigenvalue weighted by atomic mass is 16.5. The maximum absolute atomic E-state index is 11.3. The zero-order chi connectivity index (χ0) is 13.0. The second kappa shape index (κ2) is 5.19. The quantitative estimate of drug-likeness (QED) is 0.509.